The average molecular weight is 367 g/mol. The van der Waals surface area contributed by atoms with E-state index in [0.717, 1.165) is 12.1 Å². The molecule has 0 amide bonds. The van der Waals surface area contributed by atoms with E-state index in [2.05, 4.69) is 0 Å². The van der Waals surface area contributed by atoms with Gasteiger partial charge in [-0.3, -0.25) is 0 Å². The third-order valence-electron chi connectivity index (χ3n) is 3.01. The summed E-state index contributed by atoms with van der Waals surface area (Å²) in [6.07, 6.45) is -2.03. The standard InChI is InChI=1S/C14H7Cl2F3O2S/c15-6-3-7(17)5-8(4-6)21-9-1-2-10-11(12(9)16)13(20)14(18,19)22-10/h1-5,13,20H. The zero-order chi connectivity index (χ0) is 16.1. The summed E-state index contributed by atoms with van der Waals surface area (Å²) in [5, 5.41) is 6.30. The highest BCUT2D eigenvalue weighted by Crippen LogP contribution is 2.57. The molecular formula is C14H7Cl2F3O2S. The van der Waals surface area contributed by atoms with Crippen molar-refractivity contribution in [1.29, 1.82) is 0 Å². The SMILES string of the molecule is OC1c2c(ccc(Oc3cc(F)cc(Cl)c3)c2Cl)SC1(F)F. The summed E-state index contributed by atoms with van der Waals surface area (Å²) in [6, 6.07) is 6.27. The highest BCUT2D eigenvalue weighted by molar-refractivity contribution is 8.00. The molecule has 1 N–H and O–H groups in total. The second kappa shape index (κ2) is 5.53. The molecule has 22 heavy (non-hydrogen) atoms. The van der Waals surface area contributed by atoms with Crippen LogP contribution in [0.1, 0.15) is 11.7 Å². The molecule has 0 bridgehead atoms. The summed E-state index contributed by atoms with van der Waals surface area (Å²) in [5.41, 5.74) is -0.100. The Morgan fingerprint density at radius 2 is 1.91 bits per heavy atom. The smallest absolute Gasteiger partial charge is 0.327 e. The first-order valence-electron chi connectivity index (χ1n) is 5.99. The van der Waals surface area contributed by atoms with Crippen molar-refractivity contribution in [3.05, 3.63) is 51.8 Å². The first-order valence-corrected chi connectivity index (χ1v) is 7.56. The molecular weight excluding hydrogens is 360 g/mol. The van der Waals surface area contributed by atoms with Gasteiger partial charge in [-0.15, -0.1) is 0 Å². The Bertz CT molecular complexity index is 735. The fraction of sp³-hybridized carbons (Fsp3) is 0.143. The van der Waals surface area contributed by atoms with Gasteiger partial charge in [0.2, 0.25) is 0 Å². The zero-order valence-electron chi connectivity index (χ0n) is 10.6. The van der Waals surface area contributed by atoms with E-state index < -0.39 is 17.2 Å². The third-order valence-corrected chi connectivity index (χ3v) is 4.69. The number of aliphatic hydroxyl groups is 1. The monoisotopic (exact) mass is 366 g/mol. The van der Waals surface area contributed by atoms with Gasteiger partial charge in [-0.2, -0.15) is 8.78 Å². The Morgan fingerprint density at radius 1 is 1.18 bits per heavy atom. The van der Waals surface area contributed by atoms with Gasteiger partial charge in [-0.1, -0.05) is 23.2 Å². The van der Waals surface area contributed by atoms with Gasteiger partial charge in [0.15, 0.2) is 6.10 Å². The molecule has 1 aliphatic rings. The molecule has 0 fully saturated rings. The number of halogens is 5. The Labute approximate surface area is 137 Å². The van der Waals surface area contributed by atoms with Crippen molar-refractivity contribution in [2.75, 3.05) is 0 Å². The lowest BCUT2D eigenvalue weighted by Crippen LogP contribution is -2.16. The molecule has 1 aliphatic heterocycles. The van der Waals surface area contributed by atoms with E-state index in [9.17, 15) is 18.3 Å². The fourth-order valence-electron chi connectivity index (χ4n) is 2.06. The summed E-state index contributed by atoms with van der Waals surface area (Å²) < 4.78 is 45.7. The lowest BCUT2D eigenvalue weighted by molar-refractivity contribution is -0.0310. The van der Waals surface area contributed by atoms with E-state index in [-0.39, 0.29) is 43.8 Å². The van der Waals surface area contributed by atoms with Crippen LogP contribution in [0.3, 0.4) is 0 Å². The van der Waals surface area contributed by atoms with Crippen LogP contribution in [0.15, 0.2) is 35.2 Å². The van der Waals surface area contributed by atoms with Crippen LogP contribution in [-0.4, -0.2) is 10.4 Å². The second-order valence-electron chi connectivity index (χ2n) is 4.56. The molecule has 2 aromatic carbocycles. The quantitative estimate of drug-likeness (QED) is 0.743. The number of hydrogen-bond donors (Lipinski definition) is 1. The van der Waals surface area contributed by atoms with E-state index in [4.69, 9.17) is 27.9 Å². The lowest BCUT2D eigenvalue weighted by Gasteiger charge is -2.14. The molecule has 8 heteroatoms. The van der Waals surface area contributed by atoms with Gasteiger partial charge >= 0.3 is 5.25 Å². The maximum atomic E-state index is 13.5. The average Bonchev–Trinajstić information content (AvgIpc) is 2.63. The highest BCUT2D eigenvalue weighted by atomic mass is 35.5. The van der Waals surface area contributed by atoms with Gasteiger partial charge < -0.3 is 9.84 Å². The first kappa shape index (κ1) is 15.8. The third kappa shape index (κ3) is 2.76. The van der Waals surface area contributed by atoms with Crippen LogP contribution in [0.25, 0.3) is 0 Å². The lowest BCUT2D eigenvalue weighted by atomic mass is 10.1. The molecule has 1 heterocycles. The molecule has 2 aromatic rings. The van der Waals surface area contributed by atoms with Crippen molar-refractivity contribution in [2.45, 2.75) is 16.3 Å². The van der Waals surface area contributed by atoms with Crippen LogP contribution in [0.4, 0.5) is 13.2 Å². The Hall–Kier alpha value is -1.08. The predicted octanol–water partition coefficient (Wildman–Crippen LogP) is 5.66. The largest absolute Gasteiger partial charge is 0.456 e. The molecule has 0 saturated carbocycles. The van der Waals surface area contributed by atoms with Gasteiger partial charge in [-0.25, -0.2) is 4.39 Å². The van der Waals surface area contributed by atoms with Gasteiger partial charge in [0.1, 0.15) is 17.3 Å². The van der Waals surface area contributed by atoms with Crippen molar-refractivity contribution in [3.63, 3.8) is 0 Å². The zero-order valence-corrected chi connectivity index (χ0v) is 12.9. The van der Waals surface area contributed by atoms with Crippen LogP contribution >= 0.6 is 35.0 Å². The number of rotatable bonds is 2. The Balaban J connectivity index is 1.99. The topological polar surface area (TPSA) is 29.5 Å². The van der Waals surface area contributed by atoms with Crippen molar-refractivity contribution in [1.82, 2.24) is 0 Å². The van der Waals surface area contributed by atoms with E-state index in [1.807, 2.05) is 0 Å². The van der Waals surface area contributed by atoms with Crippen molar-refractivity contribution >= 4 is 35.0 Å². The predicted molar refractivity (Wildman–Crippen MR) is 78.7 cm³/mol. The highest BCUT2D eigenvalue weighted by Gasteiger charge is 2.49. The molecule has 0 saturated heterocycles. The fourth-order valence-corrected chi connectivity index (χ4v) is 3.62. The van der Waals surface area contributed by atoms with Crippen LogP contribution < -0.4 is 4.74 Å². The number of thioether (sulfide) groups is 1. The summed E-state index contributed by atoms with van der Waals surface area (Å²) >= 11 is 12.0. The molecule has 1 unspecified atom stereocenters. The molecule has 0 radical (unpaired) electrons. The summed E-state index contributed by atoms with van der Waals surface area (Å²) in [4.78, 5) is 0.173. The van der Waals surface area contributed by atoms with Crippen LogP contribution in [-0.2, 0) is 0 Å². The molecule has 1 atom stereocenters. The van der Waals surface area contributed by atoms with Gasteiger partial charge in [-0.05, 0) is 36.0 Å². The van der Waals surface area contributed by atoms with Crippen LogP contribution in [0.5, 0.6) is 11.5 Å². The minimum absolute atomic E-state index is 0.0273. The van der Waals surface area contributed by atoms with Gasteiger partial charge in [0, 0.05) is 21.5 Å². The number of ether oxygens (including phenoxy) is 1. The maximum absolute atomic E-state index is 13.5. The van der Waals surface area contributed by atoms with Gasteiger partial charge in [0.05, 0.1) is 5.02 Å². The molecule has 0 aliphatic carbocycles. The number of hydrogen-bond acceptors (Lipinski definition) is 3. The number of benzene rings is 2. The summed E-state index contributed by atoms with van der Waals surface area (Å²) in [7, 11) is 0. The molecule has 3 rings (SSSR count). The van der Waals surface area contributed by atoms with E-state index >= 15 is 0 Å². The molecule has 0 spiro atoms. The molecule has 2 nitrogen and oxygen atoms in total. The minimum Gasteiger partial charge on any atom is -0.456 e. The Morgan fingerprint density at radius 3 is 2.59 bits per heavy atom. The van der Waals surface area contributed by atoms with Crippen LogP contribution in [0, 0.1) is 5.82 Å². The molecule has 0 aromatic heterocycles. The first-order chi connectivity index (χ1) is 10.3. The van der Waals surface area contributed by atoms with Crippen LogP contribution in [0.2, 0.25) is 10.0 Å². The van der Waals surface area contributed by atoms with E-state index in [0.29, 0.717) is 0 Å². The van der Waals surface area contributed by atoms with Crippen molar-refractivity contribution in [2.24, 2.45) is 0 Å². The normalized spacial score (nSPS) is 19.1. The van der Waals surface area contributed by atoms with Gasteiger partial charge in [0.25, 0.3) is 0 Å². The van der Waals surface area contributed by atoms with Crippen molar-refractivity contribution < 1.29 is 23.0 Å². The summed E-state index contributed by atoms with van der Waals surface area (Å²) in [5.74, 6) is -0.514. The van der Waals surface area contributed by atoms with Crippen molar-refractivity contribution in [3.8, 4) is 11.5 Å². The Kier molecular flexibility index (Phi) is 3.97. The molecule has 116 valence electrons. The van der Waals surface area contributed by atoms with E-state index in [1.165, 1.54) is 18.2 Å². The summed E-state index contributed by atoms with van der Waals surface area (Å²) in [6.45, 7) is 0. The maximum Gasteiger partial charge on any atom is 0.327 e. The second-order valence-corrected chi connectivity index (χ2v) is 6.57. The number of aliphatic hydroxyl groups excluding tert-OH is 1. The van der Waals surface area contributed by atoms with E-state index in [1.54, 1.807) is 0 Å². The minimum atomic E-state index is -3.35. The number of alkyl halides is 2. The number of fused-ring (bicyclic) bond motifs is 1.